The molecule has 1 unspecified atom stereocenters. The van der Waals surface area contributed by atoms with Gasteiger partial charge in [0.25, 0.3) is 0 Å². The maximum Gasteiger partial charge on any atom is 0.188 e. The Labute approximate surface area is 160 Å². The molecule has 2 rings (SSSR count). The van der Waals surface area contributed by atoms with Gasteiger partial charge in [0.15, 0.2) is 5.96 Å². The third-order valence-electron chi connectivity index (χ3n) is 5.28. The second-order valence-corrected chi connectivity index (χ2v) is 7.19. The summed E-state index contributed by atoms with van der Waals surface area (Å²) in [5.41, 5.74) is 6.03. The highest BCUT2D eigenvalue weighted by molar-refractivity contribution is 14.0. The third-order valence-corrected chi connectivity index (χ3v) is 5.28. The van der Waals surface area contributed by atoms with Crippen LogP contribution in [0.25, 0.3) is 0 Å². The van der Waals surface area contributed by atoms with E-state index in [0.717, 1.165) is 19.0 Å². The number of rotatable bonds is 6. The van der Waals surface area contributed by atoms with Crippen molar-refractivity contribution in [2.24, 2.45) is 10.7 Å². The lowest BCUT2D eigenvalue weighted by molar-refractivity contribution is 0.158. The second-order valence-electron chi connectivity index (χ2n) is 7.19. The van der Waals surface area contributed by atoms with Crippen molar-refractivity contribution in [1.29, 1.82) is 0 Å². The predicted octanol–water partition coefficient (Wildman–Crippen LogP) is 3.89. The summed E-state index contributed by atoms with van der Waals surface area (Å²) in [5, 5.41) is 3.42. The molecular weight excluding hydrogens is 399 g/mol. The summed E-state index contributed by atoms with van der Waals surface area (Å²) in [6, 6.07) is 1.33. The van der Waals surface area contributed by atoms with Crippen LogP contribution in [-0.4, -0.2) is 42.6 Å². The van der Waals surface area contributed by atoms with Gasteiger partial charge in [0.2, 0.25) is 0 Å². The maximum absolute atomic E-state index is 6.03. The fraction of sp³-hybridized carbons (Fsp3) is 0.944. The van der Waals surface area contributed by atoms with E-state index >= 15 is 0 Å². The van der Waals surface area contributed by atoms with E-state index in [1.807, 2.05) is 0 Å². The van der Waals surface area contributed by atoms with Crippen LogP contribution in [0.15, 0.2) is 4.99 Å². The summed E-state index contributed by atoms with van der Waals surface area (Å²) < 4.78 is 0. The highest BCUT2D eigenvalue weighted by Crippen LogP contribution is 2.17. The SMILES string of the molecule is CC1CCCCN1CCCCN=C(N)NC1CCCCCC1.I. The van der Waals surface area contributed by atoms with Crippen molar-refractivity contribution in [2.75, 3.05) is 19.6 Å². The fourth-order valence-electron chi connectivity index (χ4n) is 3.79. The monoisotopic (exact) mass is 436 g/mol. The first-order chi connectivity index (χ1) is 10.8. The van der Waals surface area contributed by atoms with Crippen LogP contribution in [0.4, 0.5) is 0 Å². The molecule has 5 heteroatoms. The number of nitrogens with one attached hydrogen (secondary N) is 1. The topological polar surface area (TPSA) is 53.6 Å². The lowest BCUT2D eigenvalue weighted by atomic mass is 10.0. The number of aliphatic imine (C=N–C) groups is 1. The minimum atomic E-state index is 0. The van der Waals surface area contributed by atoms with Gasteiger partial charge < -0.3 is 16.0 Å². The number of unbranched alkanes of at least 4 members (excludes halogenated alkanes) is 1. The smallest absolute Gasteiger partial charge is 0.188 e. The highest BCUT2D eigenvalue weighted by Gasteiger charge is 2.17. The van der Waals surface area contributed by atoms with Crippen LogP contribution in [0.2, 0.25) is 0 Å². The molecule has 0 bridgehead atoms. The van der Waals surface area contributed by atoms with Gasteiger partial charge in [-0.05, 0) is 58.5 Å². The van der Waals surface area contributed by atoms with Gasteiger partial charge in [0.05, 0.1) is 0 Å². The number of guanidine groups is 1. The summed E-state index contributed by atoms with van der Waals surface area (Å²) >= 11 is 0. The average Bonchev–Trinajstić information content (AvgIpc) is 2.77. The van der Waals surface area contributed by atoms with E-state index in [1.54, 1.807) is 0 Å². The molecule has 2 fully saturated rings. The van der Waals surface area contributed by atoms with E-state index in [9.17, 15) is 0 Å². The van der Waals surface area contributed by atoms with Crippen LogP contribution in [0.3, 0.4) is 0 Å². The molecule has 0 aromatic heterocycles. The van der Waals surface area contributed by atoms with Crippen molar-refractivity contribution in [3.8, 4) is 0 Å². The van der Waals surface area contributed by atoms with Gasteiger partial charge in [-0.2, -0.15) is 0 Å². The summed E-state index contributed by atoms with van der Waals surface area (Å²) in [6.07, 6.45) is 14.5. The Hall–Kier alpha value is -0.0400. The van der Waals surface area contributed by atoms with E-state index in [4.69, 9.17) is 5.73 Å². The molecule has 1 heterocycles. The maximum atomic E-state index is 6.03. The fourth-order valence-corrected chi connectivity index (χ4v) is 3.79. The molecule has 0 aromatic carbocycles. The largest absolute Gasteiger partial charge is 0.370 e. The van der Waals surface area contributed by atoms with Gasteiger partial charge >= 0.3 is 0 Å². The van der Waals surface area contributed by atoms with Crippen LogP contribution >= 0.6 is 24.0 Å². The van der Waals surface area contributed by atoms with Gasteiger partial charge in [-0.1, -0.05) is 32.1 Å². The van der Waals surface area contributed by atoms with E-state index in [2.05, 4.69) is 22.1 Å². The zero-order valence-electron chi connectivity index (χ0n) is 14.9. The van der Waals surface area contributed by atoms with Crippen LogP contribution in [0.5, 0.6) is 0 Å². The molecule has 1 atom stereocenters. The minimum Gasteiger partial charge on any atom is -0.370 e. The molecular formula is C18H37IN4. The van der Waals surface area contributed by atoms with Crippen molar-refractivity contribution >= 4 is 29.9 Å². The van der Waals surface area contributed by atoms with Crippen LogP contribution in [0.1, 0.15) is 77.6 Å². The molecule has 0 spiro atoms. The minimum absolute atomic E-state index is 0. The van der Waals surface area contributed by atoms with Gasteiger partial charge in [-0.15, -0.1) is 24.0 Å². The zero-order chi connectivity index (χ0) is 15.6. The first-order valence-electron chi connectivity index (χ1n) is 9.56. The third kappa shape index (κ3) is 8.57. The van der Waals surface area contributed by atoms with E-state index in [-0.39, 0.29) is 24.0 Å². The van der Waals surface area contributed by atoms with Crippen molar-refractivity contribution in [3.63, 3.8) is 0 Å². The quantitative estimate of drug-likeness (QED) is 0.218. The Morgan fingerprint density at radius 3 is 2.43 bits per heavy atom. The van der Waals surface area contributed by atoms with E-state index < -0.39 is 0 Å². The molecule has 0 aromatic rings. The average molecular weight is 436 g/mol. The molecule has 136 valence electrons. The Balaban J connectivity index is 0.00000264. The number of hydrogen-bond donors (Lipinski definition) is 2. The zero-order valence-corrected chi connectivity index (χ0v) is 17.3. The Bertz CT molecular complexity index is 327. The van der Waals surface area contributed by atoms with Gasteiger partial charge in [-0.3, -0.25) is 4.99 Å². The molecule has 0 amide bonds. The molecule has 1 aliphatic carbocycles. The van der Waals surface area contributed by atoms with Gasteiger partial charge in [0, 0.05) is 18.6 Å². The molecule has 3 N–H and O–H groups in total. The Morgan fingerprint density at radius 1 is 1.04 bits per heavy atom. The van der Waals surface area contributed by atoms with Crippen molar-refractivity contribution in [3.05, 3.63) is 0 Å². The van der Waals surface area contributed by atoms with Crippen molar-refractivity contribution in [1.82, 2.24) is 10.2 Å². The Morgan fingerprint density at radius 2 is 1.74 bits per heavy atom. The molecule has 0 radical (unpaired) electrons. The normalized spacial score (nSPS) is 24.7. The van der Waals surface area contributed by atoms with Crippen LogP contribution in [0, 0.1) is 0 Å². The molecule has 23 heavy (non-hydrogen) atoms. The molecule has 1 aliphatic heterocycles. The molecule has 4 nitrogen and oxygen atoms in total. The predicted molar refractivity (Wildman–Crippen MR) is 111 cm³/mol. The van der Waals surface area contributed by atoms with Crippen molar-refractivity contribution < 1.29 is 0 Å². The lowest BCUT2D eigenvalue weighted by Gasteiger charge is -2.33. The number of nitrogens with zero attached hydrogens (tertiary/aromatic N) is 2. The number of nitrogens with two attached hydrogens (primary N) is 1. The van der Waals surface area contributed by atoms with Gasteiger partial charge in [0.1, 0.15) is 0 Å². The summed E-state index contributed by atoms with van der Waals surface area (Å²) in [7, 11) is 0. The van der Waals surface area contributed by atoms with Crippen LogP contribution < -0.4 is 11.1 Å². The summed E-state index contributed by atoms with van der Waals surface area (Å²) in [6.45, 7) is 5.75. The lowest BCUT2D eigenvalue weighted by Crippen LogP contribution is -2.40. The number of hydrogen-bond acceptors (Lipinski definition) is 2. The number of likely N-dealkylation sites (tertiary alicyclic amines) is 1. The van der Waals surface area contributed by atoms with Crippen LogP contribution in [-0.2, 0) is 0 Å². The molecule has 1 saturated carbocycles. The summed E-state index contributed by atoms with van der Waals surface area (Å²) in [5.74, 6) is 0.665. The number of halogens is 1. The first kappa shape index (κ1) is 21.0. The second kappa shape index (κ2) is 12.3. The van der Waals surface area contributed by atoms with E-state index in [0.29, 0.717) is 12.0 Å². The summed E-state index contributed by atoms with van der Waals surface area (Å²) in [4.78, 5) is 7.15. The first-order valence-corrected chi connectivity index (χ1v) is 9.56. The molecule has 2 aliphatic rings. The molecule has 1 saturated heterocycles. The van der Waals surface area contributed by atoms with E-state index in [1.165, 1.54) is 77.3 Å². The highest BCUT2D eigenvalue weighted by atomic mass is 127. The Kier molecular flexibility index (Phi) is 11.3. The van der Waals surface area contributed by atoms with Gasteiger partial charge in [-0.25, -0.2) is 0 Å². The number of piperidine rings is 1. The van der Waals surface area contributed by atoms with Crippen molar-refractivity contribution in [2.45, 2.75) is 89.6 Å². The standard InChI is InChI=1S/C18H36N4.HI/c1-16-10-6-8-14-22(16)15-9-7-13-20-18(19)21-17-11-4-2-3-5-12-17;/h16-17H,2-15H2,1H3,(H3,19,20,21);1H.